The van der Waals surface area contributed by atoms with Gasteiger partial charge in [-0.15, -0.1) is 5.10 Å². The highest BCUT2D eigenvalue weighted by atomic mass is 16.3. The average molecular weight is 395 g/mol. The van der Waals surface area contributed by atoms with E-state index in [-0.39, 0.29) is 11.9 Å². The molecule has 0 bridgehead atoms. The predicted molar refractivity (Wildman–Crippen MR) is 106 cm³/mol. The SMILES string of the molecule is CC[C@H](c1nnnn1CCc1ccccc1)[NH+]1CCN(C(=O)c2ccco2)CC1. The fourth-order valence-electron chi connectivity index (χ4n) is 4.06. The van der Waals surface area contributed by atoms with E-state index in [0.29, 0.717) is 18.8 Å². The second-order valence-corrected chi connectivity index (χ2v) is 7.38. The summed E-state index contributed by atoms with van der Waals surface area (Å²) >= 11 is 0. The minimum atomic E-state index is -0.0326. The van der Waals surface area contributed by atoms with Crippen molar-refractivity contribution < 1.29 is 14.1 Å². The van der Waals surface area contributed by atoms with Crippen molar-refractivity contribution in [2.75, 3.05) is 26.2 Å². The van der Waals surface area contributed by atoms with Crippen LogP contribution >= 0.6 is 0 Å². The van der Waals surface area contributed by atoms with Gasteiger partial charge in [-0.25, -0.2) is 4.68 Å². The van der Waals surface area contributed by atoms with Gasteiger partial charge in [0.05, 0.1) is 32.4 Å². The Hall–Kier alpha value is -3.00. The molecule has 1 atom stereocenters. The van der Waals surface area contributed by atoms with Crippen molar-refractivity contribution in [3.05, 3.63) is 65.9 Å². The smallest absolute Gasteiger partial charge is 0.289 e. The maximum Gasteiger partial charge on any atom is 0.289 e. The molecule has 1 aliphatic heterocycles. The van der Waals surface area contributed by atoms with Crippen molar-refractivity contribution in [1.82, 2.24) is 25.1 Å². The number of amides is 1. The number of benzene rings is 1. The molecule has 0 saturated carbocycles. The van der Waals surface area contributed by atoms with Gasteiger partial charge in [-0.2, -0.15) is 0 Å². The number of carbonyl (C=O) groups is 1. The van der Waals surface area contributed by atoms with Crippen LogP contribution in [0.2, 0.25) is 0 Å². The molecule has 0 radical (unpaired) electrons. The summed E-state index contributed by atoms with van der Waals surface area (Å²) in [7, 11) is 0. The summed E-state index contributed by atoms with van der Waals surface area (Å²) in [5.41, 5.74) is 1.28. The molecule has 1 saturated heterocycles. The van der Waals surface area contributed by atoms with Gasteiger partial charge in [0.15, 0.2) is 5.76 Å². The monoisotopic (exact) mass is 395 g/mol. The van der Waals surface area contributed by atoms with Gasteiger partial charge >= 0.3 is 0 Å². The van der Waals surface area contributed by atoms with E-state index in [2.05, 4.69) is 46.7 Å². The molecule has 2 aromatic heterocycles. The second kappa shape index (κ2) is 9.00. The lowest BCUT2D eigenvalue weighted by Gasteiger charge is -2.35. The highest BCUT2D eigenvalue weighted by Crippen LogP contribution is 2.12. The van der Waals surface area contributed by atoms with E-state index >= 15 is 0 Å². The Bertz CT molecular complexity index is 900. The van der Waals surface area contributed by atoms with E-state index in [1.165, 1.54) is 16.7 Å². The molecule has 1 N–H and O–H groups in total. The molecule has 1 aromatic carbocycles. The Morgan fingerprint density at radius 3 is 2.66 bits per heavy atom. The van der Waals surface area contributed by atoms with Gasteiger partial charge in [-0.3, -0.25) is 4.79 Å². The average Bonchev–Trinajstić information content (AvgIpc) is 3.46. The number of carbonyl (C=O) groups excluding carboxylic acids is 1. The van der Waals surface area contributed by atoms with Crippen LogP contribution in [0.1, 0.15) is 41.3 Å². The zero-order valence-corrected chi connectivity index (χ0v) is 16.7. The van der Waals surface area contributed by atoms with Crippen LogP contribution in [0.5, 0.6) is 0 Å². The normalized spacial score (nSPS) is 16.1. The van der Waals surface area contributed by atoms with E-state index in [1.807, 2.05) is 15.6 Å². The lowest BCUT2D eigenvalue weighted by atomic mass is 10.1. The van der Waals surface area contributed by atoms with Crippen LogP contribution in [0.15, 0.2) is 53.1 Å². The van der Waals surface area contributed by atoms with Crippen molar-refractivity contribution in [2.24, 2.45) is 0 Å². The maximum atomic E-state index is 12.5. The Labute approximate surface area is 170 Å². The van der Waals surface area contributed by atoms with Gasteiger partial charge in [0.25, 0.3) is 5.91 Å². The number of hydrogen-bond donors (Lipinski definition) is 1. The van der Waals surface area contributed by atoms with Crippen molar-refractivity contribution in [2.45, 2.75) is 32.4 Å². The molecule has 29 heavy (non-hydrogen) atoms. The molecule has 0 spiro atoms. The Balaban J connectivity index is 1.39. The molecule has 1 amide bonds. The Morgan fingerprint density at radius 2 is 1.97 bits per heavy atom. The van der Waals surface area contributed by atoms with Crippen molar-refractivity contribution in [3.8, 4) is 0 Å². The van der Waals surface area contributed by atoms with E-state index in [4.69, 9.17) is 4.42 Å². The van der Waals surface area contributed by atoms with Gasteiger partial charge in [-0.1, -0.05) is 37.3 Å². The van der Waals surface area contributed by atoms with E-state index < -0.39 is 0 Å². The molecule has 3 heterocycles. The summed E-state index contributed by atoms with van der Waals surface area (Å²) in [4.78, 5) is 15.8. The minimum Gasteiger partial charge on any atom is -0.459 e. The van der Waals surface area contributed by atoms with Crippen LogP contribution in [-0.2, 0) is 13.0 Å². The lowest BCUT2D eigenvalue weighted by molar-refractivity contribution is -0.936. The zero-order chi connectivity index (χ0) is 20.1. The van der Waals surface area contributed by atoms with Crippen molar-refractivity contribution >= 4 is 5.91 Å². The molecule has 1 aliphatic rings. The zero-order valence-electron chi connectivity index (χ0n) is 16.7. The minimum absolute atomic E-state index is 0.0326. The highest BCUT2D eigenvalue weighted by Gasteiger charge is 2.33. The third kappa shape index (κ3) is 4.37. The van der Waals surface area contributed by atoms with Gasteiger partial charge in [0.2, 0.25) is 5.82 Å². The number of rotatable bonds is 7. The van der Waals surface area contributed by atoms with E-state index in [0.717, 1.165) is 38.3 Å². The summed E-state index contributed by atoms with van der Waals surface area (Å²) in [6.45, 7) is 6.09. The Morgan fingerprint density at radius 1 is 1.17 bits per heavy atom. The largest absolute Gasteiger partial charge is 0.459 e. The van der Waals surface area contributed by atoms with Gasteiger partial charge in [0, 0.05) is 13.0 Å². The lowest BCUT2D eigenvalue weighted by Crippen LogP contribution is -3.15. The first-order valence-electron chi connectivity index (χ1n) is 10.2. The molecular formula is C21H27N6O2+. The van der Waals surface area contributed by atoms with Crippen LogP contribution in [0, 0.1) is 0 Å². The summed E-state index contributed by atoms with van der Waals surface area (Å²) in [6.07, 6.45) is 3.39. The molecule has 1 fully saturated rings. The first-order chi connectivity index (χ1) is 14.3. The number of aromatic nitrogens is 4. The molecule has 4 rings (SSSR count). The standard InChI is InChI=1S/C21H26N6O2/c1-2-18(20-22-23-24-27(20)11-10-17-7-4-3-5-8-17)25-12-14-26(15-13-25)21(28)19-9-6-16-29-19/h3-9,16,18H,2,10-15H2,1H3/p+1/t18-/m1/s1. The van der Waals surface area contributed by atoms with E-state index in [9.17, 15) is 4.79 Å². The number of quaternary nitrogens is 1. The number of tetrazole rings is 1. The van der Waals surface area contributed by atoms with Crippen LogP contribution in [0.3, 0.4) is 0 Å². The fourth-order valence-corrected chi connectivity index (χ4v) is 4.06. The van der Waals surface area contributed by atoms with Gasteiger partial charge < -0.3 is 14.2 Å². The third-order valence-electron chi connectivity index (χ3n) is 5.65. The first kappa shape index (κ1) is 19.3. The predicted octanol–water partition coefficient (Wildman–Crippen LogP) is 1.00. The number of nitrogens with zero attached hydrogens (tertiary/aromatic N) is 5. The highest BCUT2D eigenvalue weighted by molar-refractivity contribution is 5.91. The maximum absolute atomic E-state index is 12.5. The second-order valence-electron chi connectivity index (χ2n) is 7.38. The van der Waals surface area contributed by atoms with E-state index in [1.54, 1.807) is 12.1 Å². The fraction of sp³-hybridized carbons (Fsp3) is 0.429. The van der Waals surface area contributed by atoms with Gasteiger partial charge in [-0.05, 0) is 34.5 Å². The number of nitrogens with one attached hydrogen (secondary N) is 1. The molecule has 8 nitrogen and oxygen atoms in total. The number of piperazine rings is 1. The number of hydrogen-bond acceptors (Lipinski definition) is 5. The first-order valence-corrected chi connectivity index (χ1v) is 10.2. The van der Waals surface area contributed by atoms with Crippen LogP contribution < -0.4 is 4.90 Å². The third-order valence-corrected chi connectivity index (χ3v) is 5.65. The molecule has 3 aromatic rings. The molecule has 0 aliphatic carbocycles. The molecule has 8 heteroatoms. The van der Waals surface area contributed by atoms with Crippen molar-refractivity contribution in [1.29, 1.82) is 0 Å². The topological polar surface area (TPSA) is 81.5 Å². The summed E-state index contributed by atoms with van der Waals surface area (Å²) in [5, 5.41) is 12.5. The summed E-state index contributed by atoms with van der Waals surface area (Å²) in [5.74, 6) is 1.31. The molecule has 152 valence electrons. The quantitative estimate of drug-likeness (QED) is 0.646. The van der Waals surface area contributed by atoms with Crippen molar-refractivity contribution in [3.63, 3.8) is 0 Å². The van der Waals surface area contributed by atoms with Gasteiger partial charge in [0.1, 0.15) is 6.04 Å². The summed E-state index contributed by atoms with van der Waals surface area (Å²) < 4.78 is 7.19. The van der Waals surface area contributed by atoms with Crippen LogP contribution in [0.4, 0.5) is 0 Å². The number of aryl methyl sites for hydroxylation is 2. The Kier molecular flexibility index (Phi) is 6.00. The molecular weight excluding hydrogens is 368 g/mol. The molecule has 0 unspecified atom stereocenters. The van der Waals surface area contributed by atoms with Crippen LogP contribution in [-0.4, -0.2) is 57.2 Å². The van der Waals surface area contributed by atoms with Crippen LogP contribution in [0.25, 0.3) is 0 Å². The number of furan rings is 1. The summed E-state index contributed by atoms with van der Waals surface area (Å²) in [6, 6.07) is 14.1.